The number of hydrogen-bond donors (Lipinski definition) is 1. The van der Waals surface area contributed by atoms with E-state index in [1.54, 1.807) is 0 Å². The summed E-state index contributed by atoms with van der Waals surface area (Å²) in [7, 11) is 0. The van der Waals surface area contributed by atoms with Gasteiger partial charge in [-0.1, -0.05) is 15.9 Å². The van der Waals surface area contributed by atoms with Gasteiger partial charge in [0.2, 0.25) is 5.91 Å². The number of carbonyl (C=O) groups excluding carboxylic acids is 2. The van der Waals surface area contributed by atoms with E-state index in [0.29, 0.717) is 18.4 Å². The third-order valence-corrected chi connectivity index (χ3v) is 4.77. The first-order valence-corrected chi connectivity index (χ1v) is 7.75. The van der Waals surface area contributed by atoms with E-state index < -0.39 is 0 Å². The summed E-state index contributed by atoms with van der Waals surface area (Å²) in [6.45, 7) is 1.79. The standard InChI is InChI=1S/C15H17BrN2O2/c16-12-2-3-14(11(7-12)9-19)18-6-5-13-10(8-18)1-4-15(20)17-13/h2-3,7,9-10,13H,1,4-6,8H2,(H,17,20). The van der Waals surface area contributed by atoms with Crippen LogP contribution < -0.4 is 10.2 Å². The zero-order valence-electron chi connectivity index (χ0n) is 11.1. The van der Waals surface area contributed by atoms with Crippen molar-refractivity contribution in [3.8, 4) is 0 Å². The number of rotatable bonds is 2. The molecular weight excluding hydrogens is 320 g/mol. The summed E-state index contributed by atoms with van der Waals surface area (Å²) >= 11 is 3.40. The molecule has 1 aromatic rings. The highest BCUT2D eigenvalue weighted by Crippen LogP contribution is 2.31. The summed E-state index contributed by atoms with van der Waals surface area (Å²) in [4.78, 5) is 24.9. The average Bonchev–Trinajstić information content (AvgIpc) is 2.46. The van der Waals surface area contributed by atoms with Gasteiger partial charge in [-0.05, 0) is 37.0 Å². The van der Waals surface area contributed by atoms with Gasteiger partial charge in [0.05, 0.1) is 0 Å². The Hall–Kier alpha value is -1.36. The van der Waals surface area contributed by atoms with Gasteiger partial charge in [0.25, 0.3) is 0 Å². The number of nitrogens with zero attached hydrogens (tertiary/aromatic N) is 1. The van der Waals surface area contributed by atoms with E-state index in [1.165, 1.54) is 0 Å². The minimum absolute atomic E-state index is 0.178. The van der Waals surface area contributed by atoms with E-state index in [-0.39, 0.29) is 5.91 Å². The van der Waals surface area contributed by atoms with Crippen LogP contribution in [-0.4, -0.2) is 31.3 Å². The number of halogens is 1. The molecule has 4 nitrogen and oxygen atoms in total. The van der Waals surface area contributed by atoms with Gasteiger partial charge in [-0.15, -0.1) is 0 Å². The van der Waals surface area contributed by atoms with Crippen molar-refractivity contribution in [3.63, 3.8) is 0 Å². The smallest absolute Gasteiger partial charge is 0.220 e. The van der Waals surface area contributed by atoms with E-state index in [0.717, 1.165) is 47.9 Å². The van der Waals surface area contributed by atoms with Crippen LogP contribution in [0.25, 0.3) is 0 Å². The fraction of sp³-hybridized carbons (Fsp3) is 0.467. The van der Waals surface area contributed by atoms with Gasteiger partial charge in [-0.25, -0.2) is 0 Å². The molecule has 106 valence electrons. The zero-order chi connectivity index (χ0) is 14.1. The largest absolute Gasteiger partial charge is 0.371 e. The maximum atomic E-state index is 11.4. The van der Waals surface area contributed by atoms with Gasteiger partial charge in [-0.2, -0.15) is 0 Å². The topological polar surface area (TPSA) is 49.4 Å². The van der Waals surface area contributed by atoms with Crippen LogP contribution in [0.4, 0.5) is 5.69 Å². The quantitative estimate of drug-likeness (QED) is 0.843. The molecule has 0 aromatic heterocycles. The van der Waals surface area contributed by atoms with Crippen molar-refractivity contribution in [1.29, 1.82) is 0 Å². The molecular formula is C15H17BrN2O2. The number of hydrogen-bond acceptors (Lipinski definition) is 3. The molecule has 0 spiro atoms. The number of amides is 1. The second kappa shape index (κ2) is 5.56. The van der Waals surface area contributed by atoms with Gasteiger partial charge in [0, 0.05) is 41.3 Å². The van der Waals surface area contributed by atoms with Crippen molar-refractivity contribution in [3.05, 3.63) is 28.2 Å². The van der Waals surface area contributed by atoms with Gasteiger partial charge < -0.3 is 10.2 Å². The number of carbonyl (C=O) groups is 2. The summed E-state index contributed by atoms with van der Waals surface area (Å²) in [5.41, 5.74) is 1.72. The highest BCUT2D eigenvalue weighted by atomic mass is 79.9. The van der Waals surface area contributed by atoms with E-state index >= 15 is 0 Å². The van der Waals surface area contributed by atoms with Crippen LogP contribution >= 0.6 is 15.9 Å². The van der Waals surface area contributed by atoms with Gasteiger partial charge >= 0.3 is 0 Å². The van der Waals surface area contributed by atoms with Crippen LogP contribution in [0.5, 0.6) is 0 Å². The number of anilines is 1. The van der Waals surface area contributed by atoms with E-state index in [9.17, 15) is 9.59 Å². The Morgan fingerprint density at radius 1 is 1.35 bits per heavy atom. The van der Waals surface area contributed by atoms with Gasteiger partial charge in [0.1, 0.15) is 0 Å². The van der Waals surface area contributed by atoms with Crippen molar-refractivity contribution in [1.82, 2.24) is 5.32 Å². The molecule has 1 aromatic carbocycles. The van der Waals surface area contributed by atoms with E-state index in [4.69, 9.17) is 0 Å². The highest BCUT2D eigenvalue weighted by molar-refractivity contribution is 9.10. The summed E-state index contributed by atoms with van der Waals surface area (Å²) in [6.07, 6.45) is 3.43. The monoisotopic (exact) mass is 336 g/mol. The average molecular weight is 337 g/mol. The number of nitrogens with one attached hydrogen (secondary N) is 1. The molecule has 1 N–H and O–H groups in total. The third kappa shape index (κ3) is 2.59. The molecule has 2 saturated heterocycles. The second-order valence-corrected chi connectivity index (χ2v) is 6.44. The summed E-state index contributed by atoms with van der Waals surface area (Å²) in [5.74, 6) is 0.668. The highest BCUT2D eigenvalue weighted by Gasteiger charge is 2.34. The van der Waals surface area contributed by atoms with Crippen LogP contribution in [0, 0.1) is 5.92 Å². The number of aldehydes is 1. The lowest BCUT2D eigenvalue weighted by Gasteiger charge is -2.42. The maximum Gasteiger partial charge on any atom is 0.220 e. The minimum atomic E-state index is 0.178. The SMILES string of the molecule is O=Cc1cc(Br)ccc1N1CCC2NC(=O)CCC2C1. The Morgan fingerprint density at radius 3 is 3.00 bits per heavy atom. The van der Waals surface area contributed by atoms with E-state index in [2.05, 4.69) is 26.1 Å². The number of fused-ring (bicyclic) bond motifs is 1. The molecule has 2 aliphatic rings. The molecule has 2 atom stereocenters. The Bertz CT molecular complexity index is 547. The maximum absolute atomic E-state index is 11.4. The molecule has 3 rings (SSSR count). The molecule has 0 saturated carbocycles. The van der Waals surface area contributed by atoms with Crippen molar-refractivity contribution in [2.45, 2.75) is 25.3 Å². The first-order valence-electron chi connectivity index (χ1n) is 6.96. The second-order valence-electron chi connectivity index (χ2n) is 5.53. The Labute approximate surface area is 126 Å². The fourth-order valence-corrected chi connectivity index (χ4v) is 3.62. The lowest BCUT2D eigenvalue weighted by atomic mass is 9.85. The van der Waals surface area contributed by atoms with Gasteiger partial charge in [0.15, 0.2) is 6.29 Å². The van der Waals surface area contributed by atoms with Crippen molar-refractivity contribution in [2.75, 3.05) is 18.0 Å². The van der Waals surface area contributed by atoms with E-state index in [1.807, 2.05) is 18.2 Å². The lowest BCUT2D eigenvalue weighted by molar-refractivity contribution is -0.124. The molecule has 2 fully saturated rings. The van der Waals surface area contributed by atoms with Crippen LogP contribution in [0.15, 0.2) is 22.7 Å². The third-order valence-electron chi connectivity index (χ3n) is 4.28. The fourth-order valence-electron chi connectivity index (χ4n) is 3.24. The van der Waals surface area contributed by atoms with Gasteiger partial charge in [-0.3, -0.25) is 9.59 Å². The molecule has 0 aliphatic carbocycles. The zero-order valence-corrected chi connectivity index (χ0v) is 12.7. The van der Waals surface area contributed by atoms with Crippen molar-refractivity contribution in [2.24, 2.45) is 5.92 Å². The van der Waals surface area contributed by atoms with Crippen LogP contribution in [0.1, 0.15) is 29.6 Å². The summed E-state index contributed by atoms with van der Waals surface area (Å²) in [5, 5.41) is 3.09. The Balaban J connectivity index is 1.79. The normalized spacial score (nSPS) is 25.9. The Kier molecular flexibility index (Phi) is 3.78. The van der Waals surface area contributed by atoms with Crippen LogP contribution in [0.2, 0.25) is 0 Å². The molecule has 5 heteroatoms. The Morgan fingerprint density at radius 2 is 2.20 bits per heavy atom. The number of piperidine rings is 2. The predicted octanol–water partition coefficient (Wildman–Crippen LogP) is 2.37. The molecule has 20 heavy (non-hydrogen) atoms. The molecule has 1 amide bonds. The lowest BCUT2D eigenvalue weighted by Crippen LogP contribution is -2.54. The minimum Gasteiger partial charge on any atom is -0.371 e. The van der Waals surface area contributed by atoms with Crippen molar-refractivity contribution < 1.29 is 9.59 Å². The van der Waals surface area contributed by atoms with Crippen LogP contribution in [-0.2, 0) is 4.79 Å². The summed E-state index contributed by atoms with van der Waals surface area (Å²) in [6, 6.07) is 6.13. The first-order chi connectivity index (χ1) is 9.67. The molecule has 2 unspecified atom stereocenters. The van der Waals surface area contributed by atoms with Crippen molar-refractivity contribution >= 4 is 33.8 Å². The van der Waals surface area contributed by atoms with Crippen LogP contribution in [0.3, 0.4) is 0 Å². The summed E-state index contributed by atoms with van der Waals surface area (Å²) < 4.78 is 0.920. The molecule has 2 aliphatic heterocycles. The molecule has 2 heterocycles. The number of benzene rings is 1. The molecule has 0 radical (unpaired) electrons. The molecule has 0 bridgehead atoms. The first kappa shape index (κ1) is 13.6. The predicted molar refractivity (Wildman–Crippen MR) is 81.0 cm³/mol.